The number of amides is 2. The van der Waals surface area contributed by atoms with Gasteiger partial charge in [-0.1, -0.05) is 339 Å². The van der Waals surface area contributed by atoms with Gasteiger partial charge in [-0.2, -0.15) is 8.42 Å². The standard InChI is InChI=1S/C40H79NO7S.C39H77NO5.2CH4/c1-5-8-11-14-16-18-19-21-22-25-28-31-39(42)41-37(36-47-49(4,44)45)35-46-34-33-38(30-27-24-13-10-7-3)48-40(43)32-29-26-23-20-17-15-12-9-6-2;1-4-7-10-13-15-17-18-20-21-24-27-30-38(42)40-36(34-41)35-44-33-32-37(29-26-23-12-9-6-3)45-39(43)31-28-25-22-19-16-14-11-8-5-2;;/h37-38H,5-36H2,1-4H3,(H,41,42);36-37,41H,4-35H2,1-3H3,(H,40,42);2*1H4/t37-,38-;36-,37+;;/m10../s1. The summed E-state index contributed by atoms with van der Waals surface area (Å²) in [5.41, 5.74) is 0. The summed E-state index contributed by atoms with van der Waals surface area (Å²) >= 11 is 0. The van der Waals surface area contributed by atoms with Crippen LogP contribution in [0.5, 0.6) is 0 Å². The third kappa shape index (κ3) is 79.0. The van der Waals surface area contributed by atoms with Gasteiger partial charge >= 0.3 is 11.9 Å². The van der Waals surface area contributed by atoms with Crippen molar-refractivity contribution in [2.24, 2.45) is 0 Å². The highest BCUT2D eigenvalue weighted by Crippen LogP contribution is 2.20. The molecule has 0 unspecified atom stereocenters. The van der Waals surface area contributed by atoms with Crippen LogP contribution in [-0.2, 0) is 52.4 Å². The van der Waals surface area contributed by atoms with Crippen LogP contribution >= 0.6 is 0 Å². The first-order valence-electron chi connectivity index (χ1n) is 40.4. The second-order valence-electron chi connectivity index (χ2n) is 27.8. The molecule has 0 radical (unpaired) electrons. The van der Waals surface area contributed by atoms with Crippen molar-refractivity contribution in [3.05, 3.63) is 0 Å². The van der Waals surface area contributed by atoms with E-state index in [0.717, 1.165) is 96.1 Å². The van der Waals surface area contributed by atoms with E-state index in [-0.39, 0.29) is 77.2 Å². The van der Waals surface area contributed by atoms with Crippen molar-refractivity contribution < 1.29 is 55.8 Å². The molecule has 0 rings (SSSR count). The molecule has 0 aromatic rings. The molecule has 0 heterocycles. The molecule has 4 atom stereocenters. The molecule has 0 aliphatic rings. The number of aliphatic hydroxyl groups excluding tert-OH is 1. The molecular formula is C81H164N2O12S. The summed E-state index contributed by atoms with van der Waals surface area (Å²) in [7, 11) is -3.65. The first-order valence-corrected chi connectivity index (χ1v) is 42.2. The van der Waals surface area contributed by atoms with Crippen molar-refractivity contribution in [2.45, 2.75) is 453 Å². The lowest BCUT2D eigenvalue weighted by Gasteiger charge is -2.21. The Bertz CT molecular complexity index is 1720. The van der Waals surface area contributed by atoms with Gasteiger partial charge in [0.05, 0.1) is 58.0 Å². The molecule has 0 saturated heterocycles. The van der Waals surface area contributed by atoms with Gasteiger partial charge in [0.15, 0.2) is 0 Å². The molecular weight excluding hydrogens is 1220 g/mol. The molecule has 0 bridgehead atoms. The van der Waals surface area contributed by atoms with Gasteiger partial charge in [-0.15, -0.1) is 0 Å². The summed E-state index contributed by atoms with van der Waals surface area (Å²) in [5, 5.41) is 15.6. The van der Waals surface area contributed by atoms with E-state index in [0.29, 0.717) is 51.7 Å². The Morgan fingerprint density at radius 1 is 0.323 bits per heavy atom. The van der Waals surface area contributed by atoms with E-state index in [9.17, 15) is 32.7 Å². The predicted octanol–water partition coefficient (Wildman–Crippen LogP) is 22.8. The smallest absolute Gasteiger partial charge is 0.306 e. The van der Waals surface area contributed by atoms with Crippen LogP contribution in [0.15, 0.2) is 0 Å². The van der Waals surface area contributed by atoms with Gasteiger partial charge in [0, 0.05) is 38.5 Å². The largest absolute Gasteiger partial charge is 0.462 e. The highest BCUT2D eigenvalue weighted by molar-refractivity contribution is 7.86. The highest BCUT2D eigenvalue weighted by atomic mass is 32.2. The molecule has 0 aromatic carbocycles. The van der Waals surface area contributed by atoms with Crippen LogP contribution in [0.25, 0.3) is 0 Å². The van der Waals surface area contributed by atoms with Crippen molar-refractivity contribution in [1.29, 1.82) is 0 Å². The van der Waals surface area contributed by atoms with E-state index in [1.165, 1.54) is 244 Å². The van der Waals surface area contributed by atoms with E-state index in [1.54, 1.807) is 0 Å². The molecule has 14 nitrogen and oxygen atoms in total. The summed E-state index contributed by atoms with van der Waals surface area (Å²) in [6.45, 7) is 14.3. The number of esters is 2. The monoisotopic (exact) mass is 1390 g/mol. The average Bonchev–Trinajstić information content (AvgIpc) is 3.73. The number of unbranched alkanes of at least 4 members (excludes halogenated alkanes) is 44. The number of carbonyl (C=O) groups is 4. The van der Waals surface area contributed by atoms with Gasteiger partial charge in [0.2, 0.25) is 11.8 Å². The Labute approximate surface area is 596 Å². The van der Waals surface area contributed by atoms with E-state index < -0.39 is 22.2 Å². The Morgan fingerprint density at radius 3 is 0.833 bits per heavy atom. The van der Waals surface area contributed by atoms with Crippen LogP contribution in [-0.4, -0.2) is 107 Å². The molecule has 3 N–H and O–H groups in total. The second-order valence-corrected chi connectivity index (χ2v) is 29.4. The summed E-state index contributed by atoms with van der Waals surface area (Å²) in [4.78, 5) is 50.3. The summed E-state index contributed by atoms with van der Waals surface area (Å²) < 4.78 is 51.9. The zero-order chi connectivity index (χ0) is 69.3. The fourth-order valence-electron chi connectivity index (χ4n) is 12.0. The average molecular weight is 1390 g/mol. The SMILES string of the molecule is C.C.CCCCCCCCCCCCCC(=O)N[C@@H](CO)COCC[C@@H](CCCCCCC)OC(=O)CCCCCCCCCCC.CCCCCCCCCCCCCC(=O)N[C@H](COCC[C@@H](CCCCCCC)OC(=O)CCCCCCCCCCC)COS(C)(=O)=O. The normalized spacial score (nSPS) is 12.6. The molecule has 0 fully saturated rings. The third-order valence-electron chi connectivity index (χ3n) is 18.1. The fraction of sp³-hybridized carbons (Fsp3) is 0.951. The molecule has 0 aromatic heterocycles. The zero-order valence-corrected chi connectivity index (χ0v) is 63.7. The number of rotatable bonds is 74. The number of aliphatic hydroxyl groups is 1. The maximum atomic E-state index is 12.7. The lowest BCUT2D eigenvalue weighted by atomic mass is 10.1. The van der Waals surface area contributed by atoms with Gasteiger partial charge in [-0.3, -0.25) is 23.4 Å². The first-order chi connectivity index (χ1) is 45.8. The van der Waals surface area contributed by atoms with E-state index in [1.807, 2.05) is 0 Å². The van der Waals surface area contributed by atoms with Crippen LogP contribution in [0.2, 0.25) is 0 Å². The third-order valence-corrected chi connectivity index (χ3v) is 18.6. The van der Waals surface area contributed by atoms with Crippen molar-refractivity contribution in [3.8, 4) is 0 Å². The number of ether oxygens (including phenoxy) is 4. The van der Waals surface area contributed by atoms with Crippen molar-refractivity contribution in [3.63, 3.8) is 0 Å². The fourth-order valence-corrected chi connectivity index (χ4v) is 12.4. The van der Waals surface area contributed by atoms with Crippen LogP contribution in [0, 0.1) is 0 Å². The molecule has 0 saturated carbocycles. The lowest BCUT2D eigenvalue weighted by molar-refractivity contribution is -0.151. The van der Waals surface area contributed by atoms with Crippen LogP contribution in [0.1, 0.15) is 429 Å². The van der Waals surface area contributed by atoms with Gasteiger partial charge in [0.1, 0.15) is 12.2 Å². The lowest BCUT2D eigenvalue weighted by Crippen LogP contribution is -2.42. The number of carbonyl (C=O) groups excluding carboxylic acids is 4. The summed E-state index contributed by atoms with van der Waals surface area (Å²) in [6.07, 6.45) is 66.3. The Balaban J connectivity index is -0.000000867. The second kappa shape index (κ2) is 80.0. The molecule has 0 aliphatic carbocycles. The van der Waals surface area contributed by atoms with Crippen LogP contribution < -0.4 is 10.6 Å². The molecule has 2 amide bonds. The van der Waals surface area contributed by atoms with Gasteiger partial charge < -0.3 is 34.7 Å². The maximum Gasteiger partial charge on any atom is 0.306 e. The van der Waals surface area contributed by atoms with Gasteiger partial charge in [-0.05, 0) is 51.4 Å². The predicted molar refractivity (Wildman–Crippen MR) is 408 cm³/mol. The minimum absolute atomic E-state index is 0. The van der Waals surface area contributed by atoms with E-state index in [2.05, 4.69) is 52.2 Å². The van der Waals surface area contributed by atoms with Crippen molar-refractivity contribution >= 4 is 33.9 Å². The van der Waals surface area contributed by atoms with Crippen molar-refractivity contribution in [2.75, 3.05) is 45.9 Å². The van der Waals surface area contributed by atoms with E-state index >= 15 is 0 Å². The minimum Gasteiger partial charge on any atom is -0.462 e. The van der Waals surface area contributed by atoms with Gasteiger partial charge in [0.25, 0.3) is 10.1 Å². The van der Waals surface area contributed by atoms with E-state index in [4.69, 9.17) is 23.1 Å². The minimum atomic E-state index is -3.65. The van der Waals surface area contributed by atoms with Gasteiger partial charge in [-0.25, -0.2) is 0 Å². The molecule has 15 heteroatoms. The highest BCUT2D eigenvalue weighted by Gasteiger charge is 2.20. The van der Waals surface area contributed by atoms with Crippen LogP contribution in [0.3, 0.4) is 0 Å². The molecule has 576 valence electrons. The molecule has 0 spiro atoms. The quantitative estimate of drug-likeness (QED) is 0.0297. The first kappa shape index (κ1) is 100. The Morgan fingerprint density at radius 2 is 0.562 bits per heavy atom. The summed E-state index contributed by atoms with van der Waals surface area (Å²) in [6, 6.07) is -0.969. The number of nitrogens with one attached hydrogen (secondary N) is 2. The number of hydrogen-bond acceptors (Lipinski definition) is 12. The maximum absolute atomic E-state index is 12.7. The Hall–Kier alpha value is -2.33. The molecule has 0 aliphatic heterocycles. The Kier molecular flexibility index (Phi) is 83.4. The molecule has 96 heavy (non-hydrogen) atoms. The van der Waals surface area contributed by atoms with Crippen molar-refractivity contribution in [1.82, 2.24) is 10.6 Å². The number of hydrogen-bond donors (Lipinski definition) is 3. The zero-order valence-electron chi connectivity index (χ0n) is 62.9. The topological polar surface area (TPSA) is 193 Å². The van der Waals surface area contributed by atoms with Crippen LogP contribution in [0.4, 0.5) is 0 Å². The summed E-state index contributed by atoms with van der Waals surface area (Å²) in [5.74, 6) is -0.337.